The molecule has 0 atom stereocenters. The fourth-order valence-corrected chi connectivity index (χ4v) is 2.01. The Kier molecular flexibility index (Phi) is 5.31. The Morgan fingerprint density at radius 2 is 1.86 bits per heavy atom. The first-order valence-corrected chi connectivity index (χ1v) is 7.70. The summed E-state index contributed by atoms with van der Waals surface area (Å²) in [7, 11) is 0. The van der Waals surface area contributed by atoms with Crippen molar-refractivity contribution in [2.24, 2.45) is 16.9 Å². The van der Waals surface area contributed by atoms with E-state index in [0.717, 1.165) is 29.8 Å². The van der Waals surface area contributed by atoms with Crippen LogP contribution in [0.25, 0.3) is 0 Å². The Morgan fingerprint density at radius 1 is 1.23 bits per heavy atom. The average Bonchev–Trinajstić information content (AvgIpc) is 3.29. The van der Waals surface area contributed by atoms with Gasteiger partial charge in [0.2, 0.25) is 11.8 Å². The molecule has 1 fully saturated rings. The second kappa shape index (κ2) is 7.20. The minimum absolute atomic E-state index is 0.0809. The van der Waals surface area contributed by atoms with Crippen molar-refractivity contribution in [1.82, 2.24) is 5.43 Å². The third-order valence-corrected chi connectivity index (χ3v) is 3.46. The summed E-state index contributed by atoms with van der Waals surface area (Å²) in [5.74, 6) is 0.519. The van der Waals surface area contributed by atoms with E-state index in [1.165, 1.54) is 0 Å². The van der Waals surface area contributed by atoms with Crippen LogP contribution in [0.3, 0.4) is 0 Å². The number of rotatable bonds is 6. The fraction of sp³-hybridized carbons (Fsp3) is 0.471. The van der Waals surface area contributed by atoms with Gasteiger partial charge in [0.15, 0.2) is 0 Å². The molecule has 118 valence electrons. The van der Waals surface area contributed by atoms with E-state index in [1.807, 2.05) is 45.0 Å². The maximum absolute atomic E-state index is 11.7. The Bertz CT molecular complexity index is 572. The predicted octanol–water partition coefficient (Wildman–Crippen LogP) is 2.92. The highest BCUT2D eigenvalue weighted by molar-refractivity contribution is 6.00. The second-order valence-electron chi connectivity index (χ2n) is 6.17. The highest BCUT2D eigenvalue weighted by Crippen LogP contribution is 2.30. The largest absolute Gasteiger partial charge is 0.326 e. The van der Waals surface area contributed by atoms with Gasteiger partial charge in [-0.15, -0.1) is 0 Å². The summed E-state index contributed by atoms with van der Waals surface area (Å²) in [5.41, 5.74) is 5.00. The zero-order chi connectivity index (χ0) is 16.1. The quantitative estimate of drug-likeness (QED) is 0.626. The molecule has 2 N–H and O–H groups in total. The first kappa shape index (κ1) is 16.2. The number of hydrogen-bond acceptors (Lipinski definition) is 3. The van der Waals surface area contributed by atoms with Gasteiger partial charge in [0, 0.05) is 18.0 Å². The van der Waals surface area contributed by atoms with Crippen LogP contribution < -0.4 is 10.7 Å². The van der Waals surface area contributed by atoms with Crippen LogP contribution in [-0.2, 0) is 9.59 Å². The zero-order valence-corrected chi connectivity index (χ0v) is 13.3. The van der Waals surface area contributed by atoms with Crippen molar-refractivity contribution in [3.63, 3.8) is 0 Å². The van der Waals surface area contributed by atoms with Gasteiger partial charge >= 0.3 is 0 Å². The molecule has 0 aromatic heterocycles. The van der Waals surface area contributed by atoms with Gasteiger partial charge in [0.25, 0.3) is 0 Å². The Labute approximate surface area is 131 Å². The van der Waals surface area contributed by atoms with E-state index in [2.05, 4.69) is 15.8 Å². The molecule has 0 heterocycles. The summed E-state index contributed by atoms with van der Waals surface area (Å²) in [6.07, 6.45) is 2.44. The van der Waals surface area contributed by atoms with Crippen molar-refractivity contribution in [2.45, 2.75) is 40.0 Å². The van der Waals surface area contributed by atoms with Gasteiger partial charge in [-0.3, -0.25) is 9.59 Å². The molecule has 1 aromatic carbocycles. The minimum Gasteiger partial charge on any atom is -0.326 e. The monoisotopic (exact) mass is 301 g/mol. The van der Waals surface area contributed by atoms with Crippen LogP contribution in [0.15, 0.2) is 29.4 Å². The first-order chi connectivity index (χ1) is 10.5. The van der Waals surface area contributed by atoms with Crippen LogP contribution in [0, 0.1) is 11.8 Å². The number of nitrogens with zero attached hydrogens (tertiary/aromatic N) is 1. The van der Waals surface area contributed by atoms with E-state index in [4.69, 9.17) is 0 Å². The van der Waals surface area contributed by atoms with E-state index >= 15 is 0 Å². The lowest BCUT2D eigenvalue weighted by atomic mass is 10.1. The molecule has 5 nitrogen and oxygen atoms in total. The molecule has 0 radical (unpaired) electrons. The smallest absolute Gasteiger partial charge is 0.240 e. The lowest BCUT2D eigenvalue weighted by Gasteiger charge is -2.07. The zero-order valence-electron chi connectivity index (χ0n) is 13.3. The Morgan fingerprint density at radius 3 is 2.41 bits per heavy atom. The van der Waals surface area contributed by atoms with Crippen LogP contribution in [0.2, 0.25) is 0 Å². The van der Waals surface area contributed by atoms with Crippen molar-refractivity contribution in [1.29, 1.82) is 0 Å². The minimum atomic E-state index is -0.0809. The lowest BCUT2D eigenvalue weighted by Crippen LogP contribution is -2.20. The predicted molar refractivity (Wildman–Crippen MR) is 87.6 cm³/mol. The van der Waals surface area contributed by atoms with Gasteiger partial charge in [-0.25, -0.2) is 5.43 Å². The molecule has 1 aliphatic carbocycles. The van der Waals surface area contributed by atoms with Crippen molar-refractivity contribution < 1.29 is 9.59 Å². The molecule has 2 amide bonds. The Hall–Kier alpha value is -2.17. The summed E-state index contributed by atoms with van der Waals surface area (Å²) >= 11 is 0. The molecular formula is C17H23N3O2. The summed E-state index contributed by atoms with van der Waals surface area (Å²) in [5, 5.41) is 7.00. The highest BCUT2D eigenvalue weighted by atomic mass is 16.2. The third-order valence-electron chi connectivity index (χ3n) is 3.46. The van der Waals surface area contributed by atoms with Gasteiger partial charge < -0.3 is 5.32 Å². The first-order valence-electron chi connectivity index (χ1n) is 7.70. The van der Waals surface area contributed by atoms with Gasteiger partial charge in [0.05, 0.1) is 5.71 Å². The van der Waals surface area contributed by atoms with Crippen molar-refractivity contribution in [3.8, 4) is 0 Å². The van der Waals surface area contributed by atoms with E-state index < -0.39 is 0 Å². The molecule has 0 bridgehead atoms. The van der Waals surface area contributed by atoms with Crippen LogP contribution in [0.1, 0.15) is 45.6 Å². The normalized spacial score (nSPS) is 14.8. The van der Waals surface area contributed by atoms with Crippen molar-refractivity contribution >= 4 is 23.2 Å². The van der Waals surface area contributed by atoms with Crippen LogP contribution in [0.4, 0.5) is 5.69 Å². The molecular weight excluding hydrogens is 278 g/mol. The van der Waals surface area contributed by atoms with Gasteiger partial charge in [-0.05, 0) is 43.4 Å². The molecule has 1 aliphatic rings. The number of nitrogens with one attached hydrogen (secondary N) is 2. The van der Waals surface area contributed by atoms with E-state index in [1.54, 1.807) is 0 Å². The number of hydrogen-bond donors (Lipinski definition) is 2. The summed E-state index contributed by atoms with van der Waals surface area (Å²) in [6.45, 7) is 5.82. The van der Waals surface area contributed by atoms with Crippen molar-refractivity contribution in [2.75, 3.05) is 5.32 Å². The molecule has 0 unspecified atom stereocenters. The van der Waals surface area contributed by atoms with Gasteiger partial charge in [0.1, 0.15) is 0 Å². The third kappa shape index (κ3) is 4.98. The Balaban J connectivity index is 1.90. The van der Waals surface area contributed by atoms with E-state index in [0.29, 0.717) is 12.3 Å². The average molecular weight is 301 g/mol. The maximum Gasteiger partial charge on any atom is 0.240 e. The van der Waals surface area contributed by atoms with Gasteiger partial charge in [-0.1, -0.05) is 26.0 Å². The lowest BCUT2D eigenvalue weighted by molar-refractivity contribution is -0.121. The fourth-order valence-electron chi connectivity index (χ4n) is 2.01. The molecule has 2 rings (SSSR count). The number of carbonyl (C=O) groups is 2. The SMILES string of the molecule is C/C(=N/NC(=O)CC(C)C)c1ccc(NC(=O)C2CC2)cc1. The molecule has 22 heavy (non-hydrogen) atoms. The van der Waals surface area contributed by atoms with Crippen LogP contribution in [-0.4, -0.2) is 17.5 Å². The maximum atomic E-state index is 11.7. The van der Waals surface area contributed by atoms with Crippen molar-refractivity contribution in [3.05, 3.63) is 29.8 Å². The molecule has 5 heteroatoms. The molecule has 0 saturated heterocycles. The highest BCUT2D eigenvalue weighted by Gasteiger charge is 2.29. The van der Waals surface area contributed by atoms with E-state index in [9.17, 15) is 9.59 Å². The number of benzene rings is 1. The number of carbonyl (C=O) groups excluding carboxylic acids is 2. The summed E-state index contributed by atoms with van der Waals surface area (Å²) in [4.78, 5) is 23.2. The number of anilines is 1. The number of hydrazone groups is 1. The summed E-state index contributed by atoms with van der Waals surface area (Å²) in [6, 6.07) is 7.47. The standard InChI is InChI=1S/C17H23N3O2/c1-11(2)10-16(21)20-19-12(3)13-6-8-15(9-7-13)18-17(22)14-4-5-14/h6-9,11,14H,4-5,10H2,1-3H3,(H,18,22)(H,20,21)/b19-12-. The molecule has 0 aliphatic heterocycles. The molecule has 1 aromatic rings. The molecule has 0 spiro atoms. The van der Waals surface area contributed by atoms with Gasteiger partial charge in [-0.2, -0.15) is 5.10 Å². The topological polar surface area (TPSA) is 70.6 Å². The van der Waals surface area contributed by atoms with Crippen LogP contribution in [0.5, 0.6) is 0 Å². The number of amides is 2. The summed E-state index contributed by atoms with van der Waals surface area (Å²) < 4.78 is 0. The van der Waals surface area contributed by atoms with Crippen LogP contribution >= 0.6 is 0 Å². The molecule has 1 saturated carbocycles. The van der Waals surface area contributed by atoms with E-state index in [-0.39, 0.29) is 17.7 Å². The second-order valence-corrected chi connectivity index (χ2v) is 6.17.